The van der Waals surface area contributed by atoms with Gasteiger partial charge in [-0.15, -0.1) is 0 Å². The summed E-state index contributed by atoms with van der Waals surface area (Å²) in [7, 11) is 0. The lowest BCUT2D eigenvalue weighted by Crippen LogP contribution is -2.29. The first kappa shape index (κ1) is 20.5. The monoisotopic (exact) mass is 417 g/mol. The van der Waals surface area contributed by atoms with Crippen molar-refractivity contribution in [3.63, 3.8) is 0 Å². The molecule has 8 heteroatoms. The van der Waals surface area contributed by atoms with Crippen LogP contribution in [0.15, 0.2) is 53.6 Å². The normalized spacial score (nSPS) is 19.2. The minimum absolute atomic E-state index is 0. The van der Waals surface area contributed by atoms with Gasteiger partial charge in [-0.25, -0.2) is 0 Å². The number of ketones is 2. The predicted octanol–water partition coefficient (Wildman–Crippen LogP) is 1.05. The SMILES string of the molecule is Cc1ccnc2c(O)cccc12.O=C1C=C(N2CC2)C(=O)C(N2CC2)=C1N1CC1.[Al]. The van der Waals surface area contributed by atoms with Crippen LogP contribution in [-0.2, 0) is 9.59 Å². The summed E-state index contributed by atoms with van der Waals surface area (Å²) in [6.07, 6.45) is 3.23. The molecule has 0 amide bonds. The van der Waals surface area contributed by atoms with Crippen molar-refractivity contribution in [2.24, 2.45) is 0 Å². The molecule has 1 aromatic carbocycles. The second-order valence-electron chi connectivity index (χ2n) is 7.68. The number of carbonyl (C=O) groups excluding carboxylic acids is 2. The second kappa shape index (κ2) is 7.78. The number of hydrogen-bond acceptors (Lipinski definition) is 7. The van der Waals surface area contributed by atoms with E-state index in [1.54, 1.807) is 12.3 Å². The molecule has 0 unspecified atom stereocenters. The van der Waals surface area contributed by atoms with E-state index in [1.807, 2.05) is 39.8 Å². The Morgan fingerprint density at radius 2 is 1.53 bits per heavy atom. The average Bonchev–Trinajstić information content (AvgIpc) is 3.56. The fourth-order valence-electron chi connectivity index (χ4n) is 3.57. The van der Waals surface area contributed by atoms with Crippen molar-refractivity contribution in [1.29, 1.82) is 0 Å². The minimum atomic E-state index is 0. The lowest BCUT2D eigenvalue weighted by molar-refractivity contribution is -0.117. The highest BCUT2D eigenvalue weighted by molar-refractivity contribution is 6.22. The molecule has 0 saturated carbocycles. The summed E-state index contributed by atoms with van der Waals surface area (Å²) < 4.78 is 0. The number of aromatic nitrogens is 1. The van der Waals surface area contributed by atoms with E-state index in [0.717, 1.165) is 50.2 Å². The minimum Gasteiger partial charge on any atom is -0.506 e. The number of pyridine rings is 1. The highest BCUT2D eigenvalue weighted by Crippen LogP contribution is 2.34. The Morgan fingerprint density at radius 1 is 0.900 bits per heavy atom. The molecular formula is C22H22AlN4O3. The van der Waals surface area contributed by atoms with Gasteiger partial charge in [0.15, 0.2) is 0 Å². The van der Waals surface area contributed by atoms with Crippen molar-refractivity contribution in [2.75, 3.05) is 39.3 Å². The highest BCUT2D eigenvalue weighted by Gasteiger charge is 2.43. The zero-order chi connectivity index (χ0) is 20.1. The Balaban J connectivity index is 0.000000149. The Bertz CT molecular complexity index is 1060. The third-order valence-corrected chi connectivity index (χ3v) is 5.46. The molecule has 0 spiro atoms. The van der Waals surface area contributed by atoms with Crippen molar-refractivity contribution >= 4 is 39.8 Å². The maximum atomic E-state index is 12.4. The fourth-order valence-corrected chi connectivity index (χ4v) is 3.57. The number of phenols is 1. The van der Waals surface area contributed by atoms with Crippen LogP contribution in [0.2, 0.25) is 0 Å². The number of para-hydroxylation sites is 1. The Kier molecular flexibility index (Phi) is 5.31. The number of aromatic hydroxyl groups is 1. The number of aryl methyl sites for hydroxylation is 1. The number of phenolic OH excluding ortho intramolecular Hbond substituents is 1. The molecule has 3 radical (unpaired) electrons. The van der Waals surface area contributed by atoms with E-state index >= 15 is 0 Å². The standard InChI is InChI=1S/C12H13N3O2.C10H9NO.Al/c16-9-7-8(13-1-2-13)12(17)11(15-5-6-15)10(9)14-3-4-14;1-7-5-6-11-10-8(7)3-2-4-9(10)12;/h7H,1-6H2;2-6,12H,1H3;. The molecule has 7 nitrogen and oxygen atoms in total. The van der Waals surface area contributed by atoms with Gasteiger partial charge in [0.2, 0.25) is 11.6 Å². The second-order valence-corrected chi connectivity index (χ2v) is 7.68. The molecule has 151 valence electrons. The Morgan fingerprint density at radius 3 is 2.13 bits per heavy atom. The van der Waals surface area contributed by atoms with Crippen molar-refractivity contribution in [2.45, 2.75) is 6.92 Å². The number of Topliss-reactive ketones (excluding diaryl/α,β-unsaturated/α-hetero) is 1. The van der Waals surface area contributed by atoms with Crippen LogP contribution in [0.4, 0.5) is 0 Å². The van der Waals surface area contributed by atoms with Crippen LogP contribution in [-0.4, -0.2) is 93.0 Å². The summed E-state index contributed by atoms with van der Waals surface area (Å²) in [6.45, 7) is 7.41. The molecule has 3 saturated heterocycles. The van der Waals surface area contributed by atoms with Gasteiger partial charge >= 0.3 is 0 Å². The molecule has 0 atom stereocenters. The van der Waals surface area contributed by atoms with E-state index in [9.17, 15) is 14.7 Å². The highest BCUT2D eigenvalue weighted by atomic mass is 27.0. The first-order valence-corrected chi connectivity index (χ1v) is 9.88. The van der Waals surface area contributed by atoms with E-state index in [0.29, 0.717) is 22.6 Å². The Labute approximate surface area is 185 Å². The first-order valence-electron chi connectivity index (χ1n) is 9.88. The van der Waals surface area contributed by atoms with E-state index < -0.39 is 0 Å². The van der Waals surface area contributed by atoms with Gasteiger partial charge in [0, 0.05) is 74.3 Å². The maximum absolute atomic E-state index is 12.4. The topological polar surface area (TPSA) is 76.3 Å². The molecular weight excluding hydrogens is 395 g/mol. The summed E-state index contributed by atoms with van der Waals surface area (Å²) in [5, 5.41) is 10.4. The van der Waals surface area contributed by atoms with Gasteiger partial charge in [0.1, 0.15) is 22.7 Å². The number of nitrogens with zero attached hydrogens (tertiary/aromatic N) is 4. The van der Waals surface area contributed by atoms with E-state index in [2.05, 4.69) is 4.98 Å². The average molecular weight is 417 g/mol. The smallest absolute Gasteiger partial charge is 0.227 e. The summed E-state index contributed by atoms with van der Waals surface area (Å²) in [5.41, 5.74) is 3.70. The van der Waals surface area contributed by atoms with Crippen LogP contribution in [0, 0.1) is 6.92 Å². The zero-order valence-electron chi connectivity index (χ0n) is 16.8. The summed E-state index contributed by atoms with van der Waals surface area (Å²) in [4.78, 5) is 34.6. The molecule has 6 rings (SSSR count). The van der Waals surface area contributed by atoms with E-state index in [1.165, 1.54) is 6.08 Å². The van der Waals surface area contributed by atoms with Gasteiger partial charge in [-0.3, -0.25) is 14.6 Å². The molecule has 2 aromatic rings. The maximum Gasteiger partial charge on any atom is 0.227 e. The zero-order valence-corrected chi connectivity index (χ0v) is 18.0. The number of fused-ring (bicyclic) bond motifs is 1. The van der Waals surface area contributed by atoms with Gasteiger partial charge < -0.3 is 19.8 Å². The molecule has 1 aromatic heterocycles. The number of carbonyl (C=O) groups is 2. The van der Waals surface area contributed by atoms with Crippen LogP contribution < -0.4 is 0 Å². The molecule has 4 aliphatic rings. The molecule has 3 aliphatic heterocycles. The lowest BCUT2D eigenvalue weighted by atomic mass is 10.0. The van der Waals surface area contributed by atoms with Gasteiger partial charge in [-0.05, 0) is 24.6 Å². The number of benzene rings is 1. The van der Waals surface area contributed by atoms with Gasteiger partial charge in [-0.1, -0.05) is 12.1 Å². The lowest BCUT2D eigenvalue weighted by Gasteiger charge is -2.21. The number of hydrogen-bond donors (Lipinski definition) is 1. The van der Waals surface area contributed by atoms with Gasteiger partial charge in [-0.2, -0.15) is 0 Å². The summed E-state index contributed by atoms with van der Waals surface area (Å²) in [5.74, 6) is 0.295. The number of allylic oxidation sites excluding steroid dienone is 1. The van der Waals surface area contributed by atoms with Crippen LogP contribution >= 0.6 is 0 Å². The largest absolute Gasteiger partial charge is 0.506 e. The summed E-state index contributed by atoms with van der Waals surface area (Å²) in [6, 6.07) is 7.36. The fraction of sp³-hybridized carbons (Fsp3) is 0.318. The van der Waals surface area contributed by atoms with Crippen LogP contribution in [0.25, 0.3) is 10.9 Å². The molecule has 30 heavy (non-hydrogen) atoms. The van der Waals surface area contributed by atoms with Crippen LogP contribution in [0.3, 0.4) is 0 Å². The van der Waals surface area contributed by atoms with Crippen molar-refractivity contribution < 1.29 is 14.7 Å². The molecule has 3 fully saturated rings. The summed E-state index contributed by atoms with van der Waals surface area (Å²) >= 11 is 0. The van der Waals surface area contributed by atoms with Crippen LogP contribution in [0.1, 0.15) is 5.56 Å². The molecule has 4 heterocycles. The first-order chi connectivity index (χ1) is 14.0. The Hall–Kier alpha value is -2.82. The third kappa shape index (κ3) is 3.81. The van der Waals surface area contributed by atoms with E-state index in [-0.39, 0.29) is 34.7 Å². The van der Waals surface area contributed by atoms with Gasteiger partial charge in [0.05, 0.1) is 5.70 Å². The quantitative estimate of drug-likeness (QED) is 0.455. The van der Waals surface area contributed by atoms with E-state index in [4.69, 9.17) is 0 Å². The molecule has 1 aliphatic carbocycles. The predicted molar refractivity (Wildman–Crippen MR) is 114 cm³/mol. The van der Waals surface area contributed by atoms with Gasteiger partial charge in [0.25, 0.3) is 0 Å². The van der Waals surface area contributed by atoms with Crippen molar-refractivity contribution in [1.82, 2.24) is 19.7 Å². The number of rotatable bonds is 3. The third-order valence-electron chi connectivity index (χ3n) is 5.46. The van der Waals surface area contributed by atoms with Crippen molar-refractivity contribution in [3.8, 4) is 5.75 Å². The van der Waals surface area contributed by atoms with Crippen LogP contribution in [0.5, 0.6) is 5.75 Å². The molecule has 1 N–H and O–H groups in total. The molecule has 0 bridgehead atoms. The van der Waals surface area contributed by atoms with Crippen molar-refractivity contribution in [3.05, 3.63) is 59.2 Å².